The summed E-state index contributed by atoms with van der Waals surface area (Å²) >= 11 is 5.99. The Morgan fingerprint density at radius 1 is 1.25 bits per heavy atom. The van der Waals surface area contributed by atoms with Crippen LogP contribution in [0.4, 0.5) is 16.2 Å². The third-order valence-electron chi connectivity index (χ3n) is 6.97. The number of aryl methyl sites for hydroxylation is 1. The number of anilines is 2. The first-order valence-corrected chi connectivity index (χ1v) is 11.3. The van der Waals surface area contributed by atoms with Gasteiger partial charge in [-0.2, -0.15) is 0 Å². The van der Waals surface area contributed by atoms with Crippen LogP contribution >= 0.6 is 11.6 Å². The summed E-state index contributed by atoms with van der Waals surface area (Å²) in [6.45, 7) is 14.6. The summed E-state index contributed by atoms with van der Waals surface area (Å²) in [5.41, 5.74) is 4.19. The van der Waals surface area contributed by atoms with Crippen LogP contribution in [0.5, 0.6) is 0 Å². The van der Waals surface area contributed by atoms with E-state index in [-0.39, 0.29) is 16.9 Å². The van der Waals surface area contributed by atoms with Crippen molar-refractivity contribution in [1.29, 1.82) is 0 Å². The molecule has 0 bridgehead atoms. The average Bonchev–Trinajstić information content (AvgIpc) is 3.38. The minimum absolute atomic E-state index is 0.0847. The Balaban J connectivity index is 0.00000176. The van der Waals surface area contributed by atoms with Crippen molar-refractivity contribution < 1.29 is 14.7 Å². The molecule has 0 aromatic heterocycles. The van der Waals surface area contributed by atoms with Crippen molar-refractivity contribution in [2.45, 2.75) is 65.9 Å². The molecule has 1 aliphatic carbocycles. The van der Waals surface area contributed by atoms with E-state index in [0.717, 1.165) is 24.0 Å². The highest BCUT2D eigenvalue weighted by Crippen LogP contribution is 2.56. The highest BCUT2D eigenvalue weighted by molar-refractivity contribution is 6.30. The van der Waals surface area contributed by atoms with Gasteiger partial charge in [-0.1, -0.05) is 52.3 Å². The molecule has 6 heteroatoms. The lowest BCUT2D eigenvalue weighted by Gasteiger charge is -2.32. The molecule has 3 unspecified atom stereocenters. The first kappa shape index (κ1) is 25.9. The minimum atomic E-state index is -0.606. The number of carbonyl (C=O) groups excluding carboxylic acids is 2. The van der Waals surface area contributed by atoms with E-state index in [1.165, 1.54) is 5.56 Å². The molecule has 0 heterocycles. The molecule has 2 amide bonds. The van der Waals surface area contributed by atoms with Crippen molar-refractivity contribution in [1.82, 2.24) is 0 Å². The molecule has 2 aromatic rings. The molecule has 3 rings (SSSR count). The maximum absolute atomic E-state index is 12.6. The van der Waals surface area contributed by atoms with Crippen LogP contribution in [0.15, 0.2) is 36.4 Å². The topological polar surface area (TPSA) is 78.4 Å². The van der Waals surface area contributed by atoms with Gasteiger partial charge in [0.05, 0.1) is 6.10 Å². The van der Waals surface area contributed by atoms with Crippen molar-refractivity contribution in [3.05, 3.63) is 58.1 Å². The lowest BCUT2D eigenvalue weighted by atomic mass is 9.76. The second-order valence-corrected chi connectivity index (χ2v) is 10.0. The molecule has 1 fully saturated rings. The molecule has 0 radical (unpaired) electrons. The molecule has 32 heavy (non-hydrogen) atoms. The number of benzene rings is 2. The zero-order valence-electron chi connectivity index (χ0n) is 19.9. The number of hydrogen-bond acceptors (Lipinski definition) is 3. The number of halogens is 1. The first-order valence-electron chi connectivity index (χ1n) is 10.9. The Bertz CT molecular complexity index is 976. The fourth-order valence-electron chi connectivity index (χ4n) is 4.01. The molecule has 0 spiro atoms. The Kier molecular flexibility index (Phi) is 8.13. The number of aliphatic hydroxyl groups is 1. The van der Waals surface area contributed by atoms with Crippen LogP contribution in [0.25, 0.3) is 0 Å². The van der Waals surface area contributed by atoms with Gasteiger partial charge >= 0.3 is 6.03 Å². The van der Waals surface area contributed by atoms with Gasteiger partial charge in [0.2, 0.25) is 0 Å². The quantitative estimate of drug-likeness (QED) is 0.441. The van der Waals surface area contributed by atoms with Crippen LogP contribution in [0.3, 0.4) is 0 Å². The van der Waals surface area contributed by atoms with Crippen molar-refractivity contribution in [2.24, 2.45) is 11.3 Å². The van der Waals surface area contributed by atoms with E-state index in [1.54, 1.807) is 12.1 Å². The summed E-state index contributed by atoms with van der Waals surface area (Å²) < 4.78 is 0. The molecule has 1 saturated carbocycles. The molecule has 174 valence electrons. The normalized spacial score (nSPS) is 20.6. The maximum atomic E-state index is 12.6. The van der Waals surface area contributed by atoms with Crippen LogP contribution in [-0.2, 0) is 10.2 Å². The highest BCUT2D eigenvalue weighted by Gasteiger charge is 2.50. The SMILES string of the molecule is C=O.CCC(C)(C)C(O)c1cc(NC(=O)Nc2ccc(Cl)cc2C)ccc1C1(C)CC1C. The number of rotatable bonds is 6. The van der Waals surface area contributed by atoms with Gasteiger partial charge < -0.3 is 20.5 Å². The van der Waals surface area contributed by atoms with E-state index in [4.69, 9.17) is 16.4 Å². The smallest absolute Gasteiger partial charge is 0.323 e. The summed E-state index contributed by atoms with van der Waals surface area (Å²) in [7, 11) is 0. The van der Waals surface area contributed by atoms with Crippen LogP contribution in [0.2, 0.25) is 5.02 Å². The number of aliphatic hydroxyl groups excluding tert-OH is 1. The monoisotopic (exact) mass is 458 g/mol. The molecular weight excluding hydrogens is 424 g/mol. The average molecular weight is 459 g/mol. The van der Waals surface area contributed by atoms with Gasteiger partial charge in [-0.3, -0.25) is 0 Å². The summed E-state index contributed by atoms with van der Waals surface area (Å²) in [5, 5.41) is 17.6. The lowest BCUT2D eigenvalue weighted by molar-refractivity contribution is -0.0980. The van der Waals surface area contributed by atoms with E-state index >= 15 is 0 Å². The van der Waals surface area contributed by atoms with Gasteiger partial charge in [-0.15, -0.1) is 0 Å². The van der Waals surface area contributed by atoms with E-state index < -0.39 is 6.10 Å². The minimum Gasteiger partial charge on any atom is -0.388 e. The summed E-state index contributed by atoms with van der Waals surface area (Å²) in [6, 6.07) is 10.9. The third-order valence-corrected chi connectivity index (χ3v) is 7.20. The molecular formula is C26H35ClN2O3. The second kappa shape index (κ2) is 10.1. The number of carbonyl (C=O) groups is 2. The van der Waals surface area contributed by atoms with Crippen molar-refractivity contribution in [2.75, 3.05) is 10.6 Å². The van der Waals surface area contributed by atoms with Crippen molar-refractivity contribution in [3.63, 3.8) is 0 Å². The fraction of sp³-hybridized carbons (Fsp3) is 0.462. The Morgan fingerprint density at radius 2 is 1.88 bits per heavy atom. The van der Waals surface area contributed by atoms with Gasteiger partial charge in [0, 0.05) is 16.4 Å². The molecule has 0 saturated heterocycles. The number of amides is 2. The lowest BCUT2D eigenvalue weighted by Crippen LogP contribution is -2.25. The predicted octanol–water partition coefficient (Wildman–Crippen LogP) is 6.87. The summed E-state index contributed by atoms with van der Waals surface area (Å²) in [6.07, 6.45) is 1.36. The number of nitrogens with one attached hydrogen (secondary N) is 2. The van der Waals surface area contributed by atoms with Crippen LogP contribution < -0.4 is 10.6 Å². The van der Waals surface area contributed by atoms with Gasteiger partial charge in [0.15, 0.2) is 0 Å². The van der Waals surface area contributed by atoms with Crippen LogP contribution in [0, 0.1) is 18.3 Å². The third kappa shape index (κ3) is 5.51. The second-order valence-electron chi connectivity index (χ2n) is 9.61. The standard InChI is InChI=1S/C25H33ClN2O2.CH2O/c1-7-24(4,5)22(29)19-13-18(9-10-20(19)25(6)14-16(25)3)27-23(30)28-21-11-8-17(26)12-15(21)2;1-2/h8-13,16,22,29H,7,14H2,1-6H3,(H2,27,28,30);1H2. The zero-order valence-corrected chi connectivity index (χ0v) is 20.6. The van der Waals surface area contributed by atoms with Crippen LogP contribution in [-0.4, -0.2) is 17.9 Å². The molecule has 2 aromatic carbocycles. The van der Waals surface area contributed by atoms with Crippen LogP contribution in [0.1, 0.15) is 70.3 Å². The predicted molar refractivity (Wildman–Crippen MR) is 133 cm³/mol. The Hall–Kier alpha value is -2.37. The molecule has 0 aliphatic heterocycles. The highest BCUT2D eigenvalue weighted by atomic mass is 35.5. The number of hydrogen-bond donors (Lipinski definition) is 3. The van der Waals surface area contributed by atoms with E-state index in [2.05, 4.69) is 51.3 Å². The van der Waals surface area contributed by atoms with E-state index in [9.17, 15) is 9.90 Å². The Morgan fingerprint density at radius 3 is 2.41 bits per heavy atom. The van der Waals surface area contributed by atoms with Gasteiger partial charge in [0.1, 0.15) is 6.79 Å². The molecule has 1 aliphatic rings. The van der Waals surface area contributed by atoms with Gasteiger partial charge in [-0.25, -0.2) is 4.79 Å². The molecule has 5 nitrogen and oxygen atoms in total. The van der Waals surface area contributed by atoms with Gasteiger partial charge in [0.25, 0.3) is 0 Å². The first-order chi connectivity index (χ1) is 15.0. The van der Waals surface area contributed by atoms with E-state index in [0.29, 0.717) is 22.3 Å². The summed E-state index contributed by atoms with van der Waals surface area (Å²) in [5.74, 6) is 0.586. The van der Waals surface area contributed by atoms with E-state index in [1.807, 2.05) is 31.9 Å². The van der Waals surface area contributed by atoms with Gasteiger partial charge in [-0.05, 0) is 83.5 Å². The fourth-order valence-corrected chi connectivity index (χ4v) is 4.23. The number of urea groups is 1. The van der Waals surface area contributed by atoms with Crippen molar-refractivity contribution in [3.8, 4) is 0 Å². The largest absolute Gasteiger partial charge is 0.388 e. The van der Waals surface area contributed by atoms with Crippen molar-refractivity contribution >= 4 is 35.8 Å². The molecule has 3 atom stereocenters. The maximum Gasteiger partial charge on any atom is 0.323 e. The summed E-state index contributed by atoms with van der Waals surface area (Å²) in [4.78, 5) is 20.6. The zero-order chi connectivity index (χ0) is 24.3. The molecule has 3 N–H and O–H groups in total. The Labute approximate surface area is 196 Å².